The van der Waals surface area contributed by atoms with Gasteiger partial charge in [0.05, 0.1) is 24.8 Å². The number of unbranched alkanes of at least 4 members (excludes halogenated alkanes) is 1. The van der Waals surface area contributed by atoms with Crippen LogP contribution >= 0.6 is 23.1 Å². The van der Waals surface area contributed by atoms with Crippen molar-refractivity contribution in [1.29, 1.82) is 0 Å². The van der Waals surface area contributed by atoms with Crippen LogP contribution in [0.15, 0.2) is 70.6 Å². The molecule has 1 fully saturated rings. The number of halogens is 1. The number of rotatable bonds is 12. The van der Waals surface area contributed by atoms with Gasteiger partial charge >= 0.3 is 5.91 Å². The summed E-state index contributed by atoms with van der Waals surface area (Å²) in [5.74, 6) is -0.297. The summed E-state index contributed by atoms with van der Waals surface area (Å²) in [6, 6.07) is 15.4. The Bertz CT molecular complexity index is 1830. The molecular weight excluding hydrogens is 646 g/mol. The summed E-state index contributed by atoms with van der Waals surface area (Å²) in [5, 5.41) is 20.3. The molecule has 3 aromatic carbocycles. The molecule has 6 rings (SSSR count). The Kier molecular flexibility index (Phi) is 9.92. The van der Waals surface area contributed by atoms with Crippen molar-refractivity contribution in [2.75, 3.05) is 31.3 Å². The highest BCUT2D eigenvalue weighted by atomic mass is 32.2. The van der Waals surface area contributed by atoms with Crippen LogP contribution in [0.5, 0.6) is 23.0 Å². The first kappa shape index (κ1) is 32.3. The largest absolute Gasteiger partial charge is 0.507 e. The van der Waals surface area contributed by atoms with E-state index in [4.69, 9.17) is 18.9 Å². The van der Waals surface area contributed by atoms with Gasteiger partial charge in [0, 0.05) is 11.3 Å². The number of carbonyl (C=O) groups is 2. The Balaban J connectivity index is 1.42. The number of aliphatic hydroxyl groups is 1. The van der Waals surface area contributed by atoms with Gasteiger partial charge in [-0.15, -0.1) is 10.2 Å². The highest BCUT2D eigenvalue weighted by Gasteiger charge is 2.48. The molecule has 0 spiro atoms. The second-order valence-electron chi connectivity index (χ2n) is 10.6. The lowest BCUT2D eigenvalue weighted by Gasteiger charge is -2.24. The fraction of sp³-hybridized carbons (Fsp3) is 0.294. The van der Waals surface area contributed by atoms with Crippen LogP contribution < -0.4 is 23.8 Å². The molecule has 4 aromatic rings. The van der Waals surface area contributed by atoms with Crippen molar-refractivity contribution in [2.45, 2.75) is 42.8 Å². The van der Waals surface area contributed by atoms with Crippen LogP contribution in [0.3, 0.4) is 0 Å². The zero-order valence-corrected chi connectivity index (χ0v) is 27.4. The number of nitrogens with zero attached hydrogens (tertiary/aromatic N) is 3. The molecule has 0 radical (unpaired) electrons. The number of benzene rings is 3. The number of aromatic nitrogens is 2. The average molecular weight is 678 g/mol. The van der Waals surface area contributed by atoms with Gasteiger partial charge in [-0.2, -0.15) is 0 Å². The van der Waals surface area contributed by atoms with E-state index in [1.54, 1.807) is 54.6 Å². The SMILES string of the molecule is CCCCOc1ccc([C@@H]2C(=C(O)c3ccc4c(c3)OCCO4)C(=O)C(=O)N2c2nnc(SCc3ccccc3F)s2)cc1OCC. The van der Waals surface area contributed by atoms with E-state index in [1.165, 1.54) is 22.7 Å². The Labute approximate surface area is 279 Å². The van der Waals surface area contributed by atoms with E-state index in [-0.39, 0.29) is 27.8 Å². The van der Waals surface area contributed by atoms with Gasteiger partial charge in [0.2, 0.25) is 5.13 Å². The number of fused-ring (bicyclic) bond motifs is 1. The van der Waals surface area contributed by atoms with Crippen LogP contribution in [0.25, 0.3) is 5.76 Å². The molecule has 0 aliphatic carbocycles. The van der Waals surface area contributed by atoms with Crippen molar-refractivity contribution in [2.24, 2.45) is 0 Å². The van der Waals surface area contributed by atoms with E-state index in [0.29, 0.717) is 70.6 Å². The molecule has 47 heavy (non-hydrogen) atoms. The van der Waals surface area contributed by atoms with Gasteiger partial charge < -0.3 is 24.1 Å². The molecule has 0 bridgehead atoms. The van der Waals surface area contributed by atoms with Crippen molar-refractivity contribution in [3.8, 4) is 23.0 Å². The number of ether oxygens (including phenoxy) is 4. The molecular formula is C34H32FN3O7S2. The molecule has 2 aliphatic rings. The number of anilines is 1. The highest BCUT2D eigenvalue weighted by Crippen LogP contribution is 2.46. The van der Waals surface area contributed by atoms with Crippen LogP contribution in [0.2, 0.25) is 0 Å². The maximum Gasteiger partial charge on any atom is 0.301 e. The highest BCUT2D eigenvalue weighted by molar-refractivity contribution is 8.00. The predicted octanol–water partition coefficient (Wildman–Crippen LogP) is 6.94. The van der Waals surface area contributed by atoms with Gasteiger partial charge in [-0.25, -0.2) is 4.39 Å². The van der Waals surface area contributed by atoms with E-state index in [1.807, 2.05) is 6.92 Å². The first-order valence-electron chi connectivity index (χ1n) is 15.2. The van der Waals surface area contributed by atoms with Crippen LogP contribution in [0, 0.1) is 5.82 Å². The number of thioether (sulfide) groups is 1. The monoisotopic (exact) mass is 677 g/mol. The van der Waals surface area contributed by atoms with E-state index in [2.05, 4.69) is 17.1 Å². The Morgan fingerprint density at radius 1 is 1.02 bits per heavy atom. The lowest BCUT2D eigenvalue weighted by Crippen LogP contribution is -2.29. The molecule has 2 aliphatic heterocycles. The summed E-state index contributed by atoms with van der Waals surface area (Å²) in [6.07, 6.45) is 1.82. The third kappa shape index (κ3) is 6.77. The quantitative estimate of drug-likeness (QED) is 0.0422. The standard InChI is InChI=1S/C34H32FN3O7S2/c1-3-5-14-43-24-12-10-20(17-26(24)42-4-2)29-28(30(39)21-11-13-25-27(18-21)45-16-15-44-25)31(40)32(41)38(29)33-36-37-34(47-33)46-19-22-8-6-7-9-23(22)35/h6-13,17-18,29,39H,3-5,14-16,19H2,1-2H3/t29-/m1/s1. The number of hydrogen-bond donors (Lipinski definition) is 1. The Morgan fingerprint density at radius 3 is 2.62 bits per heavy atom. The summed E-state index contributed by atoms with van der Waals surface area (Å²) < 4.78 is 37.9. The molecule has 1 aromatic heterocycles. The molecule has 0 saturated carbocycles. The number of carbonyl (C=O) groups excluding carboxylic acids is 2. The lowest BCUT2D eigenvalue weighted by molar-refractivity contribution is -0.132. The lowest BCUT2D eigenvalue weighted by atomic mass is 9.95. The second kappa shape index (κ2) is 14.4. The molecule has 3 heterocycles. The molecule has 1 N–H and O–H groups in total. The van der Waals surface area contributed by atoms with Gasteiger partial charge in [-0.05, 0) is 60.9 Å². The van der Waals surface area contributed by atoms with Gasteiger partial charge in [0.1, 0.15) is 24.8 Å². The summed E-state index contributed by atoms with van der Waals surface area (Å²) in [7, 11) is 0. The third-order valence-corrected chi connectivity index (χ3v) is 9.61. The molecule has 13 heteroatoms. The fourth-order valence-corrected chi connectivity index (χ4v) is 7.07. The number of ketones is 1. The molecule has 10 nitrogen and oxygen atoms in total. The van der Waals surface area contributed by atoms with Crippen molar-refractivity contribution in [3.05, 3.63) is 88.7 Å². The topological polar surface area (TPSA) is 120 Å². The summed E-state index contributed by atoms with van der Waals surface area (Å²) in [6.45, 7) is 5.49. The van der Waals surface area contributed by atoms with Crippen molar-refractivity contribution < 1.29 is 38.0 Å². The number of Topliss-reactive ketones (excluding diaryl/α,β-unsaturated/α-hetero) is 1. The molecule has 1 amide bonds. The maximum absolute atomic E-state index is 14.2. The number of aliphatic hydroxyl groups excluding tert-OH is 1. The van der Waals surface area contributed by atoms with E-state index in [9.17, 15) is 19.1 Å². The van der Waals surface area contributed by atoms with Gasteiger partial charge in [-0.3, -0.25) is 14.5 Å². The molecule has 244 valence electrons. The van der Waals surface area contributed by atoms with Crippen molar-refractivity contribution >= 4 is 45.7 Å². The minimum atomic E-state index is -1.08. The second-order valence-corrected chi connectivity index (χ2v) is 12.8. The van der Waals surface area contributed by atoms with Crippen LogP contribution in [0.4, 0.5) is 9.52 Å². The fourth-order valence-electron chi connectivity index (χ4n) is 5.21. The third-order valence-electron chi connectivity index (χ3n) is 7.51. The Hall–Kier alpha value is -4.62. The molecule has 0 unspecified atom stereocenters. The zero-order valence-electron chi connectivity index (χ0n) is 25.7. The molecule has 1 atom stereocenters. The normalized spacial score (nSPS) is 16.8. The first-order valence-corrected chi connectivity index (χ1v) is 17.0. The maximum atomic E-state index is 14.2. The van der Waals surface area contributed by atoms with E-state index in [0.717, 1.165) is 24.2 Å². The van der Waals surface area contributed by atoms with E-state index < -0.39 is 17.7 Å². The van der Waals surface area contributed by atoms with Gasteiger partial charge in [-0.1, -0.05) is 60.7 Å². The first-order chi connectivity index (χ1) is 22.9. The molecule has 1 saturated heterocycles. The minimum absolute atomic E-state index is 0.135. The Morgan fingerprint density at radius 2 is 1.83 bits per heavy atom. The zero-order chi connectivity index (χ0) is 32.9. The number of hydrogen-bond acceptors (Lipinski definition) is 11. The summed E-state index contributed by atoms with van der Waals surface area (Å²) in [5.41, 5.74) is 1.13. The number of amides is 1. The minimum Gasteiger partial charge on any atom is -0.507 e. The van der Waals surface area contributed by atoms with Crippen LogP contribution in [-0.2, 0) is 15.3 Å². The van der Waals surface area contributed by atoms with Gasteiger partial charge in [0.25, 0.3) is 5.78 Å². The summed E-state index contributed by atoms with van der Waals surface area (Å²) in [4.78, 5) is 28.8. The van der Waals surface area contributed by atoms with Crippen molar-refractivity contribution in [3.63, 3.8) is 0 Å². The van der Waals surface area contributed by atoms with Crippen LogP contribution in [-0.4, -0.2) is 53.4 Å². The average Bonchev–Trinajstić information content (AvgIpc) is 3.66. The summed E-state index contributed by atoms with van der Waals surface area (Å²) >= 11 is 2.36. The van der Waals surface area contributed by atoms with Gasteiger partial charge in [0.15, 0.2) is 27.3 Å². The smallest absolute Gasteiger partial charge is 0.301 e. The predicted molar refractivity (Wildman–Crippen MR) is 176 cm³/mol. The van der Waals surface area contributed by atoms with Crippen LogP contribution in [0.1, 0.15) is 49.4 Å². The van der Waals surface area contributed by atoms with Crippen molar-refractivity contribution in [1.82, 2.24) is 10.2 Å². The van der Waals surface area contributed by atoms with E-state index >= 15 is 0 Å².